The van der Waals surface area contributed by atoms with Gasteiger partial charge in [0.1, 0.15) is 6.54 Å². The molecule has 0 bridgehead atoms. The molecule has 132 valence electrons. The molecule has 2 amide bonds. The van der Waals surface area contributed by atoms with Crippen molar-refractivity contribution in [3.63, 3.8) is 0 Å². The number of hydrogen-bond acceptors (Lipinski definition) is 4. The first-order valence-electron chi connectivity index (χ1n) is 8.07. The molecule has 0 unspecified atom stereocenters. The van der Waals surface area contributed by atoms with E-state index in [0.717, 1.165) is 5.56 Å². The molecule has 3 aromatic rings. The van der Waals surface area contributed by atoms with Crippen LogP contribution in [0.2, 0.25) is 0 Å². The van der Waals surface area contributed by atoms with Crippen molar-refractivity contribution in [2.24, 2.45) is 0 Å². The van der Waals surface area contributed by atoms with Crippen LogP contribution in [-0.4, -0.2) is 28.4 Å². The number of anilines is 1. The van der Waals surface area contributed by atoms with E-state index >= 15 is 0 Å². The molecule has 0 aliphatic rings. The summed E-state index contributed by atoms with van der Waals surface area (Å²) < 4.78 is 1.25. The third-order valence-electron chi connectivity index (χ3n) is 4.04. The Hall–Kier alpha value is -3.48. The number of rotatable bonds is 4. The maximum absolute atomic E-state index is 12.6. The Bertz CT molecular complexity index is 1060. The Morgan fingerprint density at radius 3 is 2.65 bits per heavy atom. The highest BCUT2D eigenvalue weighted by Crippen LogP contribution is 2.15. The second-order valence-corrected chi connectivity index (χ2v) is 5.82. The van der Waals surface area contributed by atoms with Crippen LogP contribution in [0.5, 0.6) is 0 Å². The molecule has 1 aromatic heterocycles. The second kappa shape index (κ2) is 7.18. The van der Waals surface area contributed by atoms with Gasteiger partial charge in [-0.05, 0) is 30.7 Å². The number of para-hydroxylation sites is 2. The van der Waals surface area contributed by atoms with E-state index in [1.807, 2.05) is 13.0 Å². The summed E-state index contributed by atoms with van der Waals surface area (Å²) >= 11 is 0. The van der Waals surface area contributed by atoms with E-state index in [0.29, 0.717) is 22.2 Å². The van der Waals surface area contributed by atoms with E-state index < -0.39 is 5.91 Å². The van der Waals surface area contributed by atoms with Crippen LogP contribution in [-0.2, 0) is 11.3 Å². The Balaban J connectivity index is 1.86. The summed E-state index contributed by atoms with van der Waals surface area (Å²) in [5, 5.41) is 5.66. The van der Waals surface area contributed by atoms with Crippen LogP contribution in [0.4, 0.5) is 5.69 Å². The predicted octanol–water partition coefficient (Wildman–Crippen LogP) is 1.70. The van der Waals surface area contributed by atoms with Crippen molar-refractivity contribution in [2.45, 2.75) is 13.5 Å². The highest BCUT2D eigenvalue weighted by Gasteiger charge is 2.13. The SMILES string of the molecule is CNC(=O)c1ccccc1NC(=O)Cn1cnc2c(C)cccc2c1=O. The lowest BCUT2D eigenvalue weighted by Gasteiger charge is -2.11. The highest BCUT2D eigenvalue weighted by molar-refractivity contribution is 6.03. The Morgan fingerprint density at radius 1 is 1.12 bits per heavy atom. The molecule has 0 radical (unpaired) electrons. The van der Waals surface area contributed by atoms with Gasteiger partial charge in [0.25, 0.3) is 11.5 Å². The van der Waals surface area contributed by atoms with Gasteiger partial charge in [-0.3, -0.25) is 19.0 Å². The summed E-state index contributed by atoms with van der Waals surface area (Å²) in [5.41, 5.74) is 1.97. The first-order chi connectivity index (χ1) is 12.5. The summed E-state index contributed by atoms with van der Waals surface area (Å²) in [4.78, 5) is 41.1. The van der Waals surface area contributed by atoms with Gasteiger partial charge in [-0.25, -0.2) is 4.98 Å². The fourth-order valence-electron chi connectivity index (χ4n) is 2.72. The monoisotopic (exact) mass is 350 g/mol. The van der Waals surface area contributed by atoms with Crippen molar-refractivity contribution < 1.29 is 9.59 Å². The molecule has 0 aliphatic carbocycles. The van der Waals surface area contributed by atoms with Crippen LogP contribution in [0, 0.1) is 6.92 Å². The van der Waals surface area contributed by atoms with Crippen molar-refractivity contribution in [1.29, 1.82) is 0 Å². The van der Waals surface area contributed by atoms with Gasteiger partial charge in [0.05, 0.1) is 28.5 Å². The van der Waals surface area contributed by atoms with Gasteiger partial charge in [0, 0.05) is 7.05 Å². The molecule has 0 saturated carbocycles. The molecule has 1 heterocycles. The molecular weight excluding hydrogens is 332 g/mol. The molecule has 0 spiro atoms. The molecule has 7 nitrogen and oxygen atoms in total. The number of fused-ring (bicyclic) bond motifs is 1. The molecule has 0 saturated heterocycles. The highest BCUT2D eigenvalue weighted by atomic mass is 16.2. The van der Waals surface area contributed by atoms with Crippen LogP contribution < -0.4 is 16.2 Å². The van der Waals surface area contributed by atoms with Gasteiger partial charge in [-0.2, -0.15) is 0 Å². The van der Waals surface area contributed by atoms with Crippen molar-refractivity contribution in [3.8, 4) is 0 Å². The molecule has 26 heavy (non-hydrogen) atoms. The van der Waals surface area contributed by atoms with E-state index in [2.05, 4.69) is 15.6 Å². The standard InChI is InChI=1S/C19H18N4O3/c1-12-6-5-8-14-17(12)21-11-23(19(14)26)10-16(24)22-15-9-4-3-7-13(15)18(25)20-2/h3-9,11H,10H2,1-2H3,(H,20,25)(H,22,24). The first-order valence-corrected chi connectivity index (χ1v) is 8.07. The number of aromatic nitrogens is 2. The summed E-state index contributed by atoms with van der Waals surface area (Å²) in [6, 6.07) is 12.0. The molecule has 3 rings (SSSR count). The minimum atomic E-state index is -0.419. The molecule has 0 fully saturated rings. The number of hydrogen-bond donors (Lipinski definition) is 2. The number of aryl methyl sites for hydroxylation is 1. The normalized spacial score (nSPS) is 10.5. The number of carbonyl (C=O) groups excluding carboxylic acids is 2. The molecule has 0 atom stereocenters. The van der Waals surface area contributed by atoms with Gasteiger partial charge in [0.2, 0.25) is 5.91 Å². The van der Waals surface area contributed by atoms with Crippen molar-refractivity contribution in [1.82, 2.24) is 14.9 Å². The van der Waals surface area contributed by atoms with Gasteiger partial charge >= 0.3 is 0 Å². The summed E-state index contributed by atoms with van der Waals surface area (Å²) in [6.45, 7) is 1.68. The van der Waals surface area contributed by atoms with E-state index in [1.54, 1.807) is 36.4 Å². The van der Waals surface area contributed by atoms with Crippen molar-refractivity contribution >= 4 is 28.4 Å². The maximum Gasteiger partial charge on any atom is 0.261 e. The Kier molecular flexibility index (Phi) is 4.79. The third kappa shape index (κ3) is 3.32. The van der Waals surface area contributed by atoms with Crippen LogP contribution in [0.1, 0.15) is 15.9 Å². The lowest BCUT2D eigenvalue weighted by Crippen LogP contribution is -2.29. The summed E-state index contributed by atoms with van der Waals surface area (Å²) in [5.74, 6) is -0.724. The number of benzene rings is 2. The molecule has 7 heteroatoms. The quantitative estimate of drug-likeness (QED) is 0.749. The first kappa shape index (κ1) is 17.3. The number of carbonyl (C=O) groups is 2. The van der Waals surface area contributed by atoms with Gasteiger partial charge in [-0.1, -0.05) is 24.3 Å². The average Bonchev–Trinajstić information content (AvgIpc) is 2.64. The summed E-state index contributed by atoms with van der Waals surface area (Å²) in [6.07, 6.45) is 1.36. The van der Waals surface area contributed by atoms with E-state index in [-0.39, 0.29) is 18.0 Å². The average molecular weight is 350 g/mol. The predicted molar refractivity (Wildman–Crippen MR) is 99.2 cm³/mol. The zero-order valence-corrected chi connectivity index (χ0v) is 14.4. The zero-order valence-electron chi connectivity index (χ0n) is 14.4. The maximum atomic E-state index is 12.6. The van der Waals surface area contributed by atoms with E-state index in [4.69, 9.17) is 0 Å². The zero-order chi connectivity index (χ0) is 18.7. The molecule has 2 N–H and O–H groups in total. The van der Waals surface area contributed by atoms with Crippen LogP contribution in [0.25, 0.3) is 10.9 Å². The summed E-state index contributed by atoms with van der Waals surface area (Å²) in [7, 11) is 1.52. The van der Waals surface area contributed by atoms with Gasteiger partial charge in [-0.15, -0.1) is 0 Å². The fraction of sp³-hybridized carbons (Fsp3) is 0.158. The number of nitrogens with one attached hydrogen (secondary N) is 2. The minimum absolute atomic E-state index is 0.197. The molecule has 2 aromatic carbocycles. The largest absolute Gasteiger partial charge is 0.355 e. The van der Waals surface area contributed by atoms with Crippen molar-refractivity contribution in [2.75, 3.05) is 12.4 Å². The van der Waals surface area contributed by atoms with Crippen molar-refractivity contribution in [3.05, 3.63) is 70.3 Å². The van der Waals surface area contributed by atoms with Crippen LogP contribution in [0.3, 0.4) is 0 Å². The number of amides is 2. The topological polar surface area (TPSA) is 93.1 Å². The lowest BCUT2D eigenvalue weighted by molar-refractivity contribution is -0.116. The molecular formula is C19H18N4O3. The van der Waals surface area contributed by atoms with Crippen LogP contribution in [0.15, 0.2) is 53.6 Å². The van der Waals surface area contributed by atoms with Crippen LogP contribution >= 0.6 is 0 Å². The van der Waals surface area contributed by atoms with Gasteiger partial charge < -0.3 is 10.6 Å². The smallest absolute Gasteiger partial charge is 0.261 e. The second-order valence-electron chi connectivity index (χ2n) is 5.82. The molecule has 0 aliphatic heterocycles. The number of nitrogens with zero attached hydrogens (tertiary/aromatic N) is 2. The van der Waals surface area contributed by atoms with Gasteiger partial charge in [0.15, 0.2) is 0 Å². The fourth-order valence-corrected chi connectivity index (χ4v) is 2.72. The Morgan fingerprint density at radius 2 is 1.88 bits per heavy atom. The third-order valence-corrected chi connectivity index (χ3v) is 4.04. The minimum Gasteiger partial charge on any atom is -0.355 e. The lowest BCUT2D eigenvalue weighted by atomic mass is 10.1. The van der Waals surface area contributed by atoms with E-state index in [1.165, 1.54) is 17.9 Å². The Labute approximate surface area is 149 Å². The van der Waals surface area contributed by atoms with E-state index in [9.17, 15) is 14.4 Å².